The maximum Gasteiger partial charge on any atom is 0.254 e. The molecule has 3 heterocycles. The Hall–Kier alpha value is -4.05. The van der Waals surface area contributed by atoms with Gasteiger partial charge in [0.05, 0.1) is 19.0 Å². The number of hydrogen-bond acceptors (Lipinski definition) is 6. The molecule has 8 nitrogen and oxygen atoms in total. The number of aryl methyl sites for hydroxylation is 1. The highest BCUT2D eigenvalue weighted by atomic mass is 19.1. The number of amides is 1. The molecule has 0 aliphatic carbocycles. The SMILES string of the molecule is COc1cc(F)c(-c2cnc3c(Nc4ccc(C(=O)N5CCC(CN)CC5)c(C)c4)nccn23)cc1F. The van der Waals surface area contributed by atoms with Crippen LogP contribution in [0.5, 0.6) is 5.75 Å². The number of nitrogens with two attached hydrogens (primary N) is 1. The average Bonchev–Trinajstić information content (AvgIpc) is 3.34. The first-order chi connectivity index (χ1) is 17.9. The Balaban J connectivity index is 1.39. The highest BCUT2D eigenvalue weighted by molar-refractivity contribution is 5.96. The third-order valence-electron chi connectivity index (χ3n) is 6.90. The molecule has 0 atom stereocenters. The fourth-order valence-corrected chi connectivity index (χ4v) is 4.75. The van der Waals surface area contributed by atoms with E-state index >= 15 is 0 Å². The lowest BCUT2D eigenvalue weighted by Gasteiger charge is -2.31. The predicted molar refractivity (Wildman–Crippen MR) is 137 cm³/mol. The van der Waals surface area contributed by atoms with Gasteiger partial charge in [0, 0.05) is 48.4 Å². The molecular formula is C27H28F2N6O2. The number of imidazole rings is 1. The highest BCUT2D eigenvalue weighted by Gasteiger charge is 2.24. The molecule has 1 aliphatic rings. The lowest BCUT2D eigenvalue weighted by atomic mass is 9.96. The second kappa shape index (κ2) is 10.1. The number of aromatic nitrogens is 3. The van der Waals surface area contributed by atoms with Crippen molar-refractivity contribution in [1.29, 1.82) is 0 Å². The van der Waals surface area contributed by atoms with Gasteiger partial charge < -0.3 is 20.7 Å². The van der Waals surface area contributed by atoms with Crippen molar-refractivity contribution in [2.45, 2.75) is 19.8 Å². The van der Waals surface area contributed by atoms with Crippen molar-refractivity contribution in [3.05, 3.63) is 71.7 Å². The van der Waals surface area contributed by atoms with E-state index in [1.807, 2.05) is 30.0 Å². The van der Waals surface area contributed by atoms with Gasteiger partial charge in [-0.25, -0.2) is 18.7 Å². The summed E-state index contributed by atoms with van der Waals surface area (Å²) in [5.41, 5.74) is 8.85. The molecule has 2 aromatic heterocycles. The third kappa shape index (κ3) is 4.72. The summed E-state index contributed by atoms with van der Waals surface area (Å²) >= 11 is 0. The first kappa shape index (κ1) is 24.6. The van der Waals surface area contributed by atoms with Gasteiger partial charge in [-0.2, -0.15) is 0 Å². The van der Waals surface area contributed by atoms with Crippen LogP contribution in [-0.4, -0.2) is 51.9 Å². The number of nitrogens with one attached hydrogen (secondary N) is 1. The number of fused-ring (bicyclic) bond motifs is 1. The molecule has 4 aromatic rings. The van der Waals surface area contributed by atoms with E-state index in [1.54, 1.807) is 16.8 Å². The smallest absolute Gasteiger partial charge is 0.254 e. The number of rotatable bonds is 6. The first-order valence-electron chi connectivity index (χ1n) is 12.1. The number of piperidine rings is 1. The van der Waals surface area contributed by atoms with Gasteiger partial charge in [-0.15, -0.1) is 0 Å². The summed E-state index contributed by atoms with van der Waals surface area (Å²) in [6.45, 7) is 3.99. The number of carbonyl (C=O) groups excluding carboxylic acids is 1. The highest BCUT2D eigenvalue weighted by Crippen LogP contribution is 2.31. The van der Waals surface area contributed by atoms with E-state index in [1.165, 1.54) is 13.3 Å². The van der Waals surface area contributed by atoms with Crippen molar-refractivity contribution in [2.75, 3.05) is 32.1 Å². The molecule has 0 saturated carbocycles. The van der Waals surface area contributed by atoms with Crippen molar-refractivity contribution >= 4 is 23.1 Å². The molecule has 10 heteroatoms. The molecule has 3 N–H and O–H groups in total. The fraction of sp³-hybridized carbons (Fsp3) is 0.296. The van der Waals surface area contributed by atoms with Crippen LogP contribution in [0.3, 0.4) is 0 Å². The van der Waals surface area contributed by atoms with Crippen LogP contribution in [0.4, 0.5) is 20.3 Å². The maximum absolute atomic E-state index is 14.7. The van der Waals surface area contributed by atoms with Crippen LogP contribution >= 0.6 is 0 Å². The van der Waals surface area contributed by atoms with Gasteiger partial charge in [0.15, 0.2) is 23.0 Å². The van der Waals surface area contributed by atoms with E-state index in [0.717, 1.165) is 36.2 Å². The van der Waals surface area contributed by atoms with Crippen LogP contribution in [0.2, 0.25) is 0 Å². The number of ether oxygens (including phenoxy) is 1. The van der Waals surface area contributed by atoms with Crippen molar-refractivity contribution in [3.8, 4) is 17.0 Å². The number of nitrogens with zero attached hydrogens (tertiary/aromatic N) is 4. The molecule has 192 valence electrons. The zero-order valence-corrected chi connectivity index (χ0v) is 20.7. The van der Waals surface area contributed by atoms with Gasteiger partial charge in [-0.05, 0) is 62.1 Å². The second-order valence-electron chi connectivity index (χ2n) is 9.21. The topological polar surface area (TPSA) is 97.8 Å². The van der Waals surface area contributed by atoms with Crippen LogP contribution in [0, 0.1) is 24.5 Å². The van der Waals surface area contributed by atoms with Gasteiger partial charge >= 0.3 is 0 Å². The molecule has 2 aromatic carbocycles. The van der Waals surface area contributed by atoms with Crippen molar-refractivity contribution in [1.82, 2.24) is 19.3 Å². The molecule has 0 spiro atoms. The third-order valence-corrected chi connectivity index (χ3v) is 6.90. The van der Waals surface area contributed by atoms with Crippen LogP contribution in [0.25, 0.3) is 16.9 Å². The molecule has 1 fully saturated rings. The Labute approximate surface area is 213 Å². The summed E-state index contributed by atoms with van der Waals surface area (Å²) in [4.78, 5) is 23.7. The number of benzene rings is 2. The molecule has 0 radical (unpaired) electrons. The molecule has 37 heavy (non-hydrogen) atoms. The molecular weight excluding hydrogens is 478 g/mol. The summed E-state index contributed by atoms with van der Waals surface area (Å²) in [6.07, 6.45) is 6.50. The van der Waals surface area contributed by atoms with Crippen LogP contribution in [0.1, 0.15) is 28.8 Å². The average molecular weight is 507 g/mol. The first-order valence-corrected chi connectivity index (χ1v) is 12.1. The quantitative estimate of drug-likeness (QED) is 0.398. The van der Waals surface area contributed by atoms with Crippen molar-refractivity contribution in [3.63, 3.8) is 0 Å². The number of methoxy groups -OCH3 is 1. The molecule has 1 aliphatic heterocycles. The van der Waals surface area contributed by atoms with Gasteiger partial charge in [0.1, 0.15) is 5.82 Å². The summed E-state index contributed by atoms with van der Waals surface area (Å²) in [5, 5.41) is 3.23. The van der Waals surface area contributed by atoms with E-state index in [4.69, 9.17) is 10.5 Å². The van der Waals surface area contributed by atoms with Crippen LogP contribution in [-0.2, 0) is 0 Å². The largest absolute Gasteiger partial charge is 0.494 e. The van der Waals surface area contributed by atoms with E-state index in [-0.39, 0.29) is 17.2 Å². The normalized spacial score (nSPS) is 14.2. The van der Waals surface area contributed by atoms with Gasteiger partial charge in [-0.1, -0.05) is 0 Å². The monoisotopic (exact) mass is 506 g/mol. The molecule has 0 unspecified atom stereocenters. The van der Waals surface area contributed by atoms with Gasteiger partial charge in [0.2, 0.25) is 0 Å². The lowest BCUT2D eigenvalue weighted by Crippen LogP contribution is -2.40. The van der Waals surface area contributed by atoms with Crippen LogP contribution < -0.4 is 15.8 Å². The predicted octanol–water partition coefficient (Wildman–Crippen LogP) is 4.55. The Bertz CT molecular complexity index is 1460. The lowest BCUT2D eigenvalue weighted by molar-refractivity contribution is 0.0692. The summed E-state index contributed by atoms with van der Waals surface area (Å²) in [7, 11) is 1.28. The zero-order chi connectivity index (χ0) is 26.1. The molecule has 0 bridgehead atoms. The van der Waals surface area contributed by atoms with Crippen LogP contribution in [0.15, 0.2) is 48.9 Å². The maximum atomic E-state index is 14.7. The summed E-state index contributed by atoms with van der Waals surface area (Å²) < 4.78 is 35.5. The summed E-state index contributed by atoms with van der Waals surface area (Å²) in [5.74, 6) is -0.534. The fourth-order valence-electron chi connectivity index (χ4n) is 4.75. The second-order valence-corrected chi connectivity index (χ2v) is 9.21. The minimum absolute atomic E-state index is 0.0198. The number of likely N-dealkylation sites (tertiary alicyclic amines) is 1. The standard InChI is InChI=1S/C27H28F2N6O2/c1-16-11-18(3-4-19(16)27(36)34-8-5-17(14-30)6-9-34)33-25-26-32-15-23(35(26)10-7-31-25)20-12-22(29)24(37-2)13-21(20)28/h3-4,7,10-13,15,17H,5-6,8-9,14,30H2,1-2H3,(H,31,33). The molecule has 1 amide bonds. The van der Waals surface area contributed by atoms with Gasteiger partial charge in [-0.3, -0.25) is 9.20 Å². The van der Waals surface area contributed by atoms with E-state index in [2.05, 4.69) is 15.3 Å². The number of halogens is 2. The van der Waals surface area contributed by atoms with Gasteiger partial charge in [0.25, 0.3) is 5.91 Å². The molecule has 1 saturated heterocycles. The van der Waals surface area contributed by atoms with Crippen molar-refractivity contribution in [2.24, 2.45) is 11.7 Å². The van der Waals surface area contributed by atoms with E-state index in [0.29, 0.717) is 48.3 Å². The zero-order valence-electron chi connectivity index (χ0n) is 20.7. The Morgan fingerprint density at radius 3 is 2.65 bits per heavy atom. The number of carbonyl (C=O) groups is 1. The Morgan fingerprint density at radius 1 is 1.16 bits per heavy atom. The summed E-state index contributed by atoms with van der Waals surface area (Å²) in [6, 6.07) is 7.61. The number of anilines is 2. The van der Waals surface area contributed by atoms with Crippen molar-refractivity contribution < 1.29 is 18.3 Å². The van der Waals surface area contributed by atoms with E-state index in [9.17, 15) is 13.6 Å². The number of hydrogen-bond donors (Lipinski definition) is 2. The minimum Gasteiger partial charge on any atom is -0.494 e. The molecule has 5 rings (SSSR count). The van der Waals surface area contributed by atoms with E-state index < -0.39 is 11.6 Å². The Kier molecular flexibility index (Phi) is 6.75. The minimum atomic E-state index is -0.671. The Morgan fingerprint density at radius 2 is 1.95 bits per heavy atom.